The highest BCUT2D eigenvalue weighted by atomic mass is 19.2. The molecular weight excluding hydrogens is 256 g/mol. The van der Waals surface area contributed by atoms with E-state index in [0.717, 1.165) is 18.1 Å². The first-order valence-electron chi connectivity index (χ1n) is 6.81. The summed E-state index contributed by atoms with van der Waals surface area (Å²) in [5, 5.41) is 0. The van der Waals surface area contributed by atoms with E-state index in [4.69, 9.17) is 5.73 Å². The van der Waals surface area contributed by atoms with Gasteiger partial charge < -0.3 is 5.73 Å². The second kappa shape index (κ2) is 6.14. The van der Waals surface area contributed by atoms with Crippen molar-refractivity contribution in [1.29, 1.82) is 0 Å². The summed E-state index contributed by atoms with van der Waals surface area (Å²) >= 11 is 0. The van der Waals surface area contributed by atoms with Crippen molar-refractivity contribution in [2.45, 2.75) is 25.2 Å². The minimum absolute atomic E-state index is 0.365. The summed E-state index contributed by atoms with van der Waals surface area (Å²) < 4.78 is 27.3. The molecule has 2 aromatic rings. The lowest BCUT2D eigenvalue weighted by molar-refractivity contribution is 0.403. The molecule has 1 nitrogen and oxygen atoms in total. The Morgan fingerprint density at radius 3 is 2.30 bits per heavy atom. The Kier molecular flexibility index (Phi) is 4.50. The maximum atomic E-state index is 13.9. The van der Waals surface area contributed by atoms with E-state index in [-0.39, 0.29) is 5.41 Å². The zero-order valence-corrected chi connectivity index (χ0v) is 11.6. The fourth-order valence-corrected chi connectivity index (χ4v) is 2.61. The minimum Gasteiger partial charge on any atom is -0.330 e. The molecule has 0 aromatic heterocycles. The largest absolute Gasteiger partial charge is 0.330 e. The molecule has 2 rings (SSSR count). The third-order valence-corrected chi connectivity index (χ3v) is 4.01. The van der Waals surface area contributed by atoms with Gasteiger partial charge in [-0.25, -0.2) is 8.78 Å². The average Bonchev–Trinajstić information content (AvgIpc) is 2.50. The Hall–Kier alpha value is -1.74. The van der Waals surface area contributed by atoms with Gasteiger partial charge >= 0.3 is 0 Å². The molecule has 1 unspecified atom stereocenters. The van der Waals surface area contributed by atoms with Crippen molar-refractivity contribution in [2.75, 3.05) is 6.54 Å². The summed E-state index contributed by atoms with van der Waals surface area (Å²) in [6.07, 6.45) is 1.16. The molecule has 2 aromatic carbocycles. The van der Waals surface area contributed by atoms with Crippen molar-refractivity contribution < 1.29 is 8.78 Å². The first-order chi connectivity index (χ1) is 9.63. The summed E-state index contributed by atoms with van der Waals surface area (Å²) in [5.41, 5.74) is 7.04. The highest BCUT2D eigenvalue weighted by Crippen LogP contribution is 2.32. The second-order valence-corrected chi connectivity index (χ2v) is 5.09. The Balaban J connectivity index is 2.42. The van der Waals surface area contributed by atoms with Gasteiger partial charge in [0.1, 0.15) is 0 Å². The molecular formula is C17H19F2N. The molecule has 0 heterocycles. The zero-order valence-electron chi connectivity index (χ0n) is 11.6. The maximum Gasteiger partial charge on any atom is 0.162 e. The predicted octanol–water partition coefficient (Wildman–Crippen LogP) is 3.81. The van der Waals surface area contributed by atoms with E-state index in [1.54, 1.807) is 6.07 Å². The summed E-state index contributed by atoms with van der Waals surface area (Å²) in [6, 6.07) is 14.1. The van der Waals surface area contributed by atoms with Crippen molar-refractivity contribution in [1.82, 2.24) is 0 Å². The van der Waals surface area contributed by atoms with Crippen molar-refractivity contribution in [3.63, 3.8) is 0 Å². The van der Waals surface area contributed by atoms with Crippen LogP contribution in [0.3, 0.4) is 0 Å². The van der Waals surface area contributed by atoms with Crippen LogP contribution >= 0.6 is 0 Å². The average molecular weight is 275 g/mol. The Bertz CT molecular complexity index is 562. The number of benzene rings is 2. The van der Waals surface area contributed by atoms with E-state index in [1.165, 1.54) is 6.07 Å². The van der Waals surface area contributed by atoms with Crippen LogP contribution in [0.1, 0.15) is 24.5 Å². The van der Waals surface area contributed by atoms with Gasteiger partial charge in [-0.15, -0.1) is 0 Å². The van der Waals surface area contributed by atoms with Crippen LogP contribution in [-0.2, 0) is 11.8 Å². The topological polar surface area (TPSA) is 26.0 Å². The molecule has 0 fully saturated rings. The van der Waals surface area contributed by atoms with Gasteiger partial charge in [0.2, 0.25) is 0 Å². The standard InChI is InChI=1S/C17H19F2N/c1-2-17(12-20,14-8-4-3-5-9-14)11-13-7-6-10-15(18)16(13)19/h3-10H,2,11-12,20H2,1H3. The molecule has 20 heavy (non-hydrogen) atoms. The molecule has 0 bridgehead atoms. The summed E-state index contributed by atoms with van der Waals surface area (Å²) in [5.74, 6) is -1.58. The lowest BCUT2D eigenvalue weighted by Gasteiger charge is -2.32. The predicted molar refractivity (Wildman–Crippen MR) is 77.5 cm³/mol. The first kappa shape index (κ1) is 14.7. The van der Waals surface area contributed by atoms with Crippen LogP contribution in [0.25, 0.3) is 0 Å². The van der Waals surface area contributed by atoms with Crippen LogP contribution in [0.5, 0.6) is 0 Å². The highest BCUT2D eigenvalue weighted by molar-refractivity contribution is 5.31. The van der Waals surface area contributed by atoms with Crippen molar-refractivity contribution in [3.05, 3.63) is 71.3 Å². The zero-order chi connectivity index (χ0) is 14.6. The van der Waals surface area contributed by atoms with E-state index >= 15 is 0 Å². The van der Waals surface area contributed by atoms with Gasteiger partial charge in [0.15, 0.2) is 11.6 Å². The molecule has 106 valence electrons. The van der Waals surface area contributed by atoms with Gasteiger partial charge in [-0.2, -0.15) is 0 Å². The number of halogens is 2. The van der Waals surface area contributed by atoms with Gasteiger partial charge in [-0.1, -0.05) is 49.4 Å². The minimum atomic E-state index is -0.808. The van der Waals surface area contributed by atoms with Gasteiger partial charge in [0.25, 0.3) is 0 Å². The molecule has 2 N–H and O–H groups in total. The Morgan fingerprint density at radius 2 is 1.70 bits per heavy atom. The summed E-state index contributed by atoms with van der Waals surface area (Å²) in [4.78, 5) is 0. The third-order valence-electron chi connectivity index (χ3n) is 4.01. The van der Waals surface area contributed by atoms with Crippen molar-refractivity contribution in [2.24, 2.45) is 5.73 Å². The van der Waals surface area contributed by atoms with Gasteiger partial charge in [-0.05, 0) is 30.0 Å². The maximum absolute atomic E-state index is 13.9. The lowest BCUT2D eigenvalue weighted by Crippen LogP contribution is -2.37. The molecule has 0 amide bonds. The number of rotatable bonds is 5. The molecule has 0 aliphatic heterocycles. The van der Waals surface area contributed by atoms with E-state index in [1.807, 2.05) is 37.3 Å². The van der Waals surface area contributed by atoms with Crippen LogP contribution < -0.4 is 5.73 Å². The quantitative estimate of drug-likeness (QED) is 0.882. The van der Waals surface area contributed by atoms with Gasteiger partial charge in [0, 0.05) is 12.0 Å². The highest BCUT2D eigenvalue weighted by Gasteiger charge is 2.30. The van der Waals surface area contributed by atoms with Gasteiger partial charge in [0.05, 0.1) is 0 Å². The van der Waals surface area contributed by atoms with Crippen LogP contribution in [0, 0.1) is 11.6 Å². The molecule has 0 aliphatic rings. The van der Waals surface area contributed by atoms with E-state index < -0.39 is 11.6 Å². The lowest BCUT2D eigenvalue weighted by atomic mass is 9.73. The van der Waals surface area contributed by atoms with Crippen molar-refractivity contribution in [3.8, 4) is 0 Å². The van der Waals surface area contributed by atoms with Crippen LogP contribution in [0.2, 0.25) is 0 Å². The number of nitrogens with two attached hydrogens (primary N) is 1. The van der Waals surface area contributed by atoms with Crippen molar-refractivity contribution >= 4 is 0 Å². The van der Waals surface area contributed by atoms with Crippen LogP contribution in [-0.4, -0.2) is 6.54 Å². The molecule has 3 heteroatoms. The second-order valence-electron chi connectivity index (χ2n) is 5.09. The third kappa shape index (κ3) is 2.73. The monoisotopic (exact) mass is 275 g/mol. The molecule has 1 atom stereocenters. The molecule has 0 spiro atoms. The molecule has 0 radical (unpaired) electrons. The van der Waals surface area contributed by atoms with Crippen LogP contribution in [0.15, 0.2) is 48.5 Å². The first-order valence-corrected chi connectivity index (χ1v) is 6.81. The summed E-state index contributed by atoms with van der Waals surface area (Å²) in [7, 11) is 0. The number of hydrogen-bond donors (Lipinski definition) is 1. The summed E-state index contributed by atoms with van der Waals surface area (Å²) in [6.45, 7) is 2.42. The van der Waals surface area contributed by atoms with Crippen LogP contribution in [0.4, 0.5) is 8.78 Å². The fraction of sp³-hybridized carbons (Fsp3) is 0.294. The molecule has 0 saturated carbocycles. The van der Waals surface area contributed by atoms with E-state index in [9.17, 15) is 8.78 Å². The Labute approximate surface area is 118 Å². The number of hydrogen-bond acceptors (Lipinski definition) is 1. The SMILES string of the molecule is CCC(CN)(Cc1cccc(F)c1F)c1ccccc1. The molecule has 0 saturated heterocycles. The Morgan fingerprint density at radius 1 is 1.00 bits per heavy atom. The van der Waals surface area contributed by atoms with E-state index in [2.05, 4.69) is 0 Å². The fourth-order valence-electron chi connectivity index (χ4n) is 2.61. The smallest absolute Gasteiger partial charge is 0.162 e. The van der Waals surface area contributed by atoms with Gasteiger partial charge in [-0.3, -0.25) is 0 Å². The van der Waals surface area contributed by atoms with E-state index in [0.29, 0.717) is 18.5 Å². The molecule has 0 aliphatic carbocycles. The normalized spacial score (nSPS) is 14.0.